The van der Waals surface area contributed by atoms with Crippen molar-refractivity contribution in [1.29, 1.82) is 0 Å². The fourth-order valence-corrected chi connectivity index (χ4v) is 3.68. The molecule has 0 unspecified atom stereocenters. The standard InChI is InChI=1S/C18H17BrN2O4S/c1-3-26(22,23)14-7-8-17(24-2)15(10-14)20-18-21-16(11-25-18)12-5-4-6-13(19)9-12/h4-11H,3H2,1-2H3,(H,20,21). The van der Waals surface area contributed by atoms with Crippen molar-refractivity contribution < 1.29 is 17.6 Å². The number of benzene rings is 2. The van der Waals surface area contributed by atoms with Crippen molar-refractivity contribution in [2.45, 2.75) is 11.8 Å². The maximum absolute atomic E-state index is 12.1. The lowest BCUT2D eigenvalue weighted by molar-refractivity contribution is 0.416. The third-order valence-corrected chi connectivity index (χ3v) is 6.00. The van der Waals surface area contributed by atoms with Crippen LogP contribution in [0.3, 0.4) is 0 Å². The maximum atomic E-state index is 12.1. The average Bonchev–Trinajstić information content (AvgIpc) is 3.10. The number of hydrogen-bond donors (Lipinski definition) is 1. The van der Waals surface area contributed by atoms with E-state index in [2.05, 4.69) is 26.2 Å². The highest BCUT2D eigenvalue weighted by Crippen LogP contribution is 2.31. The van der Waals surface area contributed by atoms with Crippen LogP contribution < -0.4 is 10.1 Å². The molecule has 0 radical (unpaired) electrons. The SMILES string of the molecule is CCS(=O)(=O)c1ccc(OC)c(Nc2nc(-c3cccc(Br)c3)co2)c1. The molecule has 0 aliphatic carbocycles. The van der Waals surface area contributed by atoms with Crippen LogP contribution in [0.4, 0.5) is 11.7 Å². The number of nitrogens with zero attached hydrogens (tertiary/aromatic N) is 1. The molecule has 0 fully saturated rings. The molecule has 0 spiro atoms. The molecule has 6 nitrogen and oxygen atoms in total. The fraction of sp³-hybridized carbons (Fsp3) is 0.167. The predicted octanol–water partition coefficient (Wildman–Crippen LogP) is 4.65. The van der Waals surface area contributed by atoms with Crippen LogP contribution in [0.1, 0.15) is 6.92 Å². The molecule has 136 valence electrons. The minimum Gasteiger partial charge on any atom is -0.495 e. The highest BCUT2D eigenvalue weighted by Gasteiger charge is 2.16. The van der Waals surface area contributed by atoms with Gasteiger partial charge in [-0.15, -0.1) is 0 Å². The number of sulfone groups is 1. The number of methoxy groups -OCH3 is 1. The Hall–Kier alpha value is -2.32. The largest absolute Gasteiger partial charge is 0.495 e. The number of hydrogen-bond acceptors (Lipinski definition) is 6. The zero-order chi connectivity index (χ0) is 18.7. The summed E-state index contributed by atoms with van der Waals surface area (Å²) in [7, 11) is -1.82. The summed E-state index contributed by atoms with van der Waals surface area (Å²) in [6.45, 7) is 1.60. The molecular formula is C18H17BrN2O4S. The topological polar surface area (TPSA) is 81.4 Å². The molecule has 0 atom stereocenters. The Bertz CT molecular complexity index is 1030. The fourth-order valence-electron chi connectivity index (χ4n) is 2.37. The summed E-state index contributed by atoms with van der Waals surface area (Å²) in [5.41, 5.74) is 2.01. The van der Waals surface area contributed by atoms with Gasteiger partial charge in [-0.1, -0.05) is 35.0 Å². The monoisotopic (exact) mass is 436 g/mol. The van der Waals surface area contributed by atoms with Crippen molar-refractivity contribution in [2.24, 2.45) is 0 Å². The van der Waals surface area contributed by atoms with Gasteiger partial charge in [0, 0.05) is 10.0 Å². The van der Waals surface area contributed by atoms with Gasteiger partial charge in [0.1, 0.15) is 17.7 Å². The second kappa shape index (κ2) is 7.51. The Morgan fingerprint density at radius 1 is 1.23 bits per heavy atom. The van der Waals surface area contributed by atoms with Gasteiger partial charge in [0.25, 0.3) is 6.01 Å². The van der Waals surface area contributed by atoms with Gasteiger partial charge >= 0.3 is 0 Å². The molecule has 1 N–H and O–H groups in total. The summed E-state index contributed by atoms with van der Waals surface area (Å²) >= 11 is 3.42. The minimum atomic E-state index is -3.33. The Labute approximate surface area is 160 Å². The van der Waals surface area contributed by atoms with Crippen molar-refractivity contribution in [3.05, 3.63) is 53.2 Å². The highest BCUT2D eigenvalue weighted by molar-refractivity contribution is 9.10. The molecule has 0 aliphatic rings. The summed E-state index contributed by atoms with van der Waals surface area (Å²) in [4.78, 5) is 4.61. The normalized spacial score (nSPS) is 11.3. The summed E-state index contributed by atoms with van der Waals surface area (Å²) in [6, 6.07) is 12.5. The summed E-state index contributed by atoms with van der Waals surface area (Å²) < 4.78 is 35.9. The molecule has 26 heavy (non-hydrogen) atoms. The Morgan fingerprint density at radius 2 is 2.04 bits per heavy atom. The van der Waals surface area contributed by atoms with E-state index in [1.54, 1.807) is 13.0 Å². The van der Waals surface area contributed by atoms with Gasteiger partial charge in [0.2, 0.25) is 0 Å². The van der Waals surface area contributed by atoms with Crippen LogP contribution in [-0.4, -0.2) is 26.3 Å². The second-order valence-electron chi connectivity index (χ2n) is 5.44. The molecule has 2 aromatic carbocycles. The molecule has 0 saturated heterocycles. The summed E-state index contributed by atoms with van der Waals surface area (Å²) in [5, 5.41) is 2.99. The molecule has 0 saturated carbocycles. The highest BCUT2D eigenvalue weighted by atomic mass is 79.9. The molecule has 3 aromatic rings. The lowest BCUT2D eigenvalue weighted by Crippen LogP contribution is -2.05. The van der Waals surface area contributed by atoms with E-state index in [1.807, 2.05) is 24.3 Å². The number of anilines is 2. The van der Waals surface area contributed by atoms with E-state index < -0.39 is 9.84 Å². The van der Waals surface area contributed by atoms with E-state index in [1.165, 1.54) is 25.5 Å². The molecule has 0 bridgehead atoms. The van der Waals surface area contributed by atoms with E-state index in [9.17, 15) is 8.42 Å². The van der Waals surface area contributed by atoms with Gasteiger partial charge in [-0.3, -0.25) is 0 Å². The van der Waals surface area contributed by atoms with Crippen LogP contribution in [0.15, 0.2) is 62.5 Å². The number of aromatic nitrogens is 1. The smallest absolute Gasteiger partial charge is 0.299 e. The summed E-state index contributed by atoms with van der Waals surface area (Å²) in [5.74, 6) is 0.507. The summed E-state index contributed by atoms with van der Waals surface area (Å²) in [6.07, 6.45) is 1.53. The lowest BCUT2D eigenvalue weighted by atomic mass is 10.2. The van der Waals surface area contributed by atoms with Crippen molar-refractivity contribution in [3.63, 3.8) is 0 Å². The van der Waals surface area contributed by atoms with Gasteiger partial charge in [0.05, 0.1) is 23.4 Å². The third-order valence-electron chi connectivity index (χ3n) is 3.78. The van der Waals surface area contributed by atoms with Gasteiger partial charge in [-0.05, 0) is 30.3 Å². The van der Waals surface area contributed by atoms with Crippen LogP contribution >= 0.6 is 15.9 Å². The van der Waals surface area contributed by atoms with E-state index in [4.69, 9.17) is 9.15 Å². The first-order valence-corrected chi connectivity index (χ1v) is 10.3. The van der Waals surface area contributed by atoms with Gasteiger partial charge in [-0.2, -0.15) is 4.98 Å². The quantitative estimate of drug-likeness (QED) is 0.605. The van der Waals surface area contributed by atoms with Crippen molar-refractivity contribution in [3.8, 4) is 17.0 Å². The number of rotatable bonds is 6. The Morgan fingerprint density at radius 3 is 2.73 bits per heavy atom. The number of ether oxygens (including phenoxy) is 1. The maximum Gasteiger partial charge on any atom is 0.299 e. The molecular weight excluding hydrogens is 420 g/mol. The minimum absolute atomic E-state index is 0.0187. The average molecular weight is 437 g/mol. The molecule has 1 heterocycles. The third kappa shape index (κ3) is 3.91. The van der Waals surface area contributed by atoms with Gasteiger partial charge in [0.15, 0.2) is 9.84 Å². The van der Waals surface area contributed by atoms with E-state index >= 15 is 0 Å². The van der Waals surface area contributed by atoms with Crippen LogP contribution in [0.25, 0.3) is 11.3 Å². The molecule has 3 rings (SSSR count). The molecule has 8 heteroatoms. The predicted molar refractivity (Wildman–Crippen MR) is 104 cm³/mol. The van der Waals surface area contributed by atoms with Crippen LogP contribution in [0.5, 0.6) is 5.75 Å². The van der Waals surface area contributed by atoms with Crippen LogP contribution in [0, 0.1) is 0 Å². The molecule has 0 aliphatic heterocycles. The van der Waals surface area contributed by atoms with Gasteiger partial charge < -0.3 is 14.5 Å². The van der Waals surface area contributed by atoms with E-state index in [0.29, 0.717) is 17.1 Å². The first-order valence-electron chi connectivity index (χ1n) is 7.82. The van der Waals surface area contributed by atoms with Crippen LogP contribution in [-0.2, 0) is 9.84 Å². The van der Waals surface area contributed by atoms with Crippen molar-refractivity contribution >= 4 is 37.5 Å². The van der Waals surface area contributed by atoms with Gasteiger partial charge in [-0.25, -0.2) is 8.42 Å². The zero-order valence-electron chi connectivity index (χ0n) is 14.2. The number of nitrogens with one attached hydrogen (secondary N) is 1. The first-order chi connectivity index (χ1) is 12.4. The van der Waals surface area contributed by atoms with E-state index in [-0.39, 0.29) is 16.7 Å². The number of oxazole rings is 1. The zero-order valence-corrected chi connectivity index (χ0v) is 16.6. The Balaban J connectivity index is 1.93. The molecule has 1 aromatic heterocycles. The van der Waals surface area contributed by atoms with Crippen molar-refractivity contribution in [2.75, 3.05) is 18.2 Å². The molecule has 0 amide bonds. The second-order valence-corrected chi connectivity index (χ2v) is 8.63. The first kappa shape index (κ1) is 18.5. The van der Waals surface area contributed by atoms with Crippen molar-refractivity contribution in [1.82, 2.24) is 4.98 Å². The number of halogens is 1. The Kier molecular flexibility index (Phi) is 5.33. The lowest BCUT2D eigenvalue weighted by Gasteiger charge is -2.10. The van der Waals surface area contributed by atoms with E-state index in [0.717, 1.165) is 10.0 Å². The van der Waals surface area contributed by atoms with Crippen LogP contribution in [0.2, 0.25) is 0 Å².